The van der Waals surface area contributed by atoms with Crippen LogP contribution in [0.2, 0.25) is 0 Å². The molecule has 0 unspecified atom stereocenters. The minimum absolute atomic E-state index is 0.180. The lowest BCUT2D eigenvalue weighted by atomic mass is 9.81. The van der Waals surface area contributed by atoms with Crippen LogP contribution < -0.4 is 11.0 Å². The summed E-state index contributed by atoms with van der Waals surface area (Å²) in [5.41, 5.74) is 1.97. The van der Waals surface area contributed by atoms with Crippen LogP contribution in [-0.4, -0.2) is 28.1 Å². The van der Waals surface area contributed by atoms with Crippen molar-refractivity contribution in [1.82, 2.24) is 9.78 Å². The largest absolute Gasteiger partial charge is 0.495 e. The molecule has 0 N–H and O–H groups in total. The predicted molar refractivity (Wildman–Crippen MR) is 118 cm³/mol. The van der Waals surface area contributed by atoms with E-state index in [1.165, 1.54) is 10.7 Å². The molecule has 4 rings (SSSR count). The maximum absolute atomic E-state index is 12.4. The Hall–Kier alpha value is -2.73. The van der Waals surface area contributed by atoms with Gasteiger partial charge in [-0.3, -0.25) is 4.79 Å². The summed E-state index contributed by atoms with van der Waals surface area (Å²) in [6, 6.07) is 14.5. The topological polar surface area (TPSA) is 77.1 Å². The van der Waals surface area contributed by atoms with Crippen molar-refractivity contribution in [2.45, 2.75) is 45.4 Å². The second-order valence-electron chi connectivity index (χ2n) is 8.34. The van der Waals surface area contributed by atoms with E-state index in [0.29, 0.717) is 17.8 Å². The van der Waals surface area contributed by atoms with Gasteiger partial charge in [0.1, 0.15) is 0 Å². The van der Waals surface area contributed by atoms with E-state index >= 15 is 0 Å². The van der Waals surface area contributed by atoms with Gasteiger partial charge in [0.05, 0.1) is 35.1 Å². The molecule has 1 aliphatic rings. The molecule has 6 nitrogen and oxygen atoms in total. The van der Waals surface area contributed by atoms with Crippen LogP contribution in [0.4, 0.5) is 0 Å². The third kappa shape index (κ3) is 3.84. The predicted octanol–water partition coefficient (Wildman–Crippen LogP) is 3.19. The minimum atomic E-state index is -0.426. The van der Waals surface area contributed by atoms with Gasteiger partial charge in [-0.15, -0.1) is 11.3 Å². The number of nitrogens with zero attached hydrogens (tertiary/aromatic N) is 3. The first-order valence-electron chi connectivity index (χ1n) is 9.70. The summed E-state index contributed by atoms with van der Waals surface area (Å²) in [7, 11) is -0.426. The number of nitriles is 1. The standard InChI is InChI=1S/C22H22BN3O3S/c1-21(2)22(3,4)29-23(28-21)17-11-18(30-14-17)13-26-20(27)9-8-19(25-26)16-7-5-6-15(10-16)12-24/h5-11,14H,13H2,1-4H3. The van der Waals surface area contributed by atoms with E-state index in [4.69, 9.17) is 14.6 Å². The lowest BCUT2D eigenvalue weighted by Gasteiger charge is -2.32. The van der Waals surface area contributed by atoms with Crippen molar-refractivity contribution >= 4 is 23.9 Å². The number of benzene rings is 1. The summed E-state index contributed by atoms with van der Waals surface area (Å²) in [5.74, 6) is 0. The Labute approximate surface area is 179 Å². The molecule has 3 heterocycles. The smallest absolute Gasteiger partial charge is 0.399 e. The molecule has 152 valence electrons. The molecule has 1 fully saturated rings. The molecule has 0 aliphatic carbocycles. The Kier molecular flexibility index (Phi) is 5.14. The molecule has 0 amide bonds. The van der Waals surface area contributed by atoms with Crippen LogP contribution in [0.5, 0.6) is 0 Å². The quantitative estimate of drug-likeness (QED) is 0.607. The van der Waals surface area contributed by atoms with Gasteiger partial charge in [0.2, 0.25) is 0 Å². The van der Waals surface area contributed by atoms with Gasteiger partial charge in [0.25, 0.3) is 5.56 Å². The van der Waals surface area contributed by atoms with Crippen LogP contribution in [0.15, 0.2) is 52.6 Å². The Morgan fingerprint density at radius 3 is 2.57 bits per heavy atom. The molecule has 0 spiro atoms. The maximum Gasteiger partial charge on any atom is 0.495 e. The van der Waals surface area contributed by atoms with Crippen molar-refractivity contribution in [1.29, 1.82) is 5.26 Å². The normalized spacial score (nSPS) is 17.1. The molecule has 1 saturated heterocycles. The zero-order valence-electron chi connectivity index (χ0n) is 17.4. The van der Waals surface area contributed by atoms with Gasteiger partial charge in [-0.25, -0.2) is 4.68 Å². The van der Waals surface area contributed by atoms with Crippen LogP contribution in [0.25, 0.3) is 11.3 Å². The highest BCUT2D eigenvalue weighted by atomic mass is 32.1. The van der Waals surface area contributed by atoms with Crippen molar-refractivity contribution in [2.75, 3.05) is 0 Å². The van der Waals surface area contributed by atoms with Gasteiger partial charge >= 0.3 is 7.12 Å². The van der Waals surface area contributed by atoms with Gasteiger partial charge < -0.3 is 9.31 Å². The van der Waals surface area contributed by atoms with E-state index in [2.05, 4.69) is 11.2 Å². The molecule has 0 radical (unpaired) electrons. The van der Waals surface area contributed by atoms with E-state index in [1.54, 1.807) is 35.6 Å². The summed E-state index contributed by atoms with van der Waals surface area (Å²) < 4.78 is 13.7. The molecular weight excluding hydrogens is 397 g/mol. The van der Waals surface area contributed by atoms with E-state index in [9.17, 15) is 4.79 Å². The van der Waals surface area contributed by atoms with Crippen molar-refractivity contribution in [2.24, 2.45) is 0 Å². The summed E-state index contributed by atoms with van der Waals surface area (Å²) >= 11 is 1.55. The van der Waals surface area contributed by atoms with Crippen LogP contribution in [0, 0.1) is 11.3 Å². The highest BCUT2D eigenvalue weighted by Crippen LogP contribution is 2.36. The lowest BCUT2D eigenvalue weighted by Crippen LogP contribution is -2.41. The SMILES string of the molecule is CC1(C)OB(c2csc(Cn3nc(-c4cccc(C#N)c4)ccc3=O)c2)OC1(C)C. The van der Waals surface area contributed by atoms with Gasteiger partial charge in [-0.05, 0) is 62.8 Å². The van der Waals surface area contributed by atoms with Gasteiger partial charge in [0.15, 0.2) is 0 Å². The summed E-state index contributed by atoms with van der Waals surface area (Å²) in [5, 5.41) is 15.6. The third-order valence-corrected chi connectivity index (χ3v) is 6.60. The van der Waals surface area contributed by atoms with E-state index < -0.39 is 18.3 Å². The molecule has 1 aliphatic heterocycles. The Balaban J connectivity index is 1.57. The first kappa shape index (κ1) is 20.5. The number of hydrogen-bond acceptors (Lipinski definition) is 6. The average molecular weight is 419 g/mol. The molecule has 0 saturated carbocycles. The van der Waals surface area contributed by atoms with E-state index in [1.807, 2.05) is 45.2 Å². The second kappa shape index (κ2) is 7.51. The number of hydrogen-bond donors (Lipinski definition) is 0. The van der Waals surface area contributed by atoms with E-state index in [-0.39, 0.29) is 5.56 Å². The highest BCUT2D eigenvalue weighted by Gasteiger charge is 2.51. The van der Waals surface area contributed by atoms with Gasteiger partial charge in [-0.1, -0.05) is 12.1 Å². The fourth-order valence-corrected chi connectivity index (χ4v) is 4.06. The summed E-state index contributed by atoms with van der Waals surface area (Å²) in [6.07, 6.45) is 0. The van der Waals surface area contributed by atoms with Crippen LogP contribution in [0.1, 0.15) is 38.1 Å². The first-order chi connectivity index (χ1) is 14.2. The highest BCUT2D eigenvalue weighted by molar-refractivity contribution is 7.11. The molecule has 8 heteroatoms. The van der Waals surface area contributed by atoms with Crippen LogP contribution >= 0.6 is 11.3 Å². The first-order valence-corrected chi connectivity index (χ1v) is 10.6. The average Bonchev–Trinajstić information content (AvgIpc) is 3.25. The van der Waals surface area contributed by atoms with Crippen LogP contribution in [0.3, 0.4) is 0 Å². The van der Waals surface area contributed by atoms with Crippen molar-refractivity contribution in [3.8, 4) is 17.3 Å². The number of thiophene rings is 1. The molecule has 2 aromatic heterocycles. The van der Waals surface area contributed by atoms with Crippen LogP contribution in [-0.2, 0) is 15.9 Å². The molecule has 0 atom stereocenters. The Morgan fingerprint density at radius 1 is 1.13 bits per heavy atom. The fourth-order valence-electron chi connectivity index (χ4n) is 3.20. The van der Waals surface area contributed by atoms with Crippen molar-refractivity contribution in [3.05, 3.63) is 68.6 Å². The Morgan fingerprint density at radius 2 is 1.87 bits per heavy atom. The van der Waals surface area contributed by atoms with Gasteiger partial charge in [0, 0.05) is 16.5 Å². The molecular formula is C22H22BN3O3S. The zero-order valence-corrected chi connectivity index (χ0v) is 18.2. The molecule has 30 heavy (non-hydrogen) atoms. The molecule has 0 bridgehead atoms. The molecule has 3 aromatic rings. The summed E-state index contributed by atoms with van der Waals surface area (Å²) in [4.78, 5) is 13.4. The van der Waals surface area contributed by atoms with Crippen molar-refractivity contribution < 1.29 is 9.31 Å². The summed E-state index contributed by atoms with van der Waals surface area (Å²) in [6.45, 7) is 8.45. The Bertz CT molecular complexity index is 1180. The fraction of sp³-hybridized carbons (Fsp3) is 0.318. The third-order valence-electron chi connectivity index (χ3n) is 5.66. The van der Waals surface area contributed by atoms with E-state index in [0.717, 1.165) is 15.9 Å². The van der Waals surface area contributed by atoms with Crippen molar-refractivity contribution in [3.63, 3.8) is 0 Å². The minimum Gasteiger partial charge on any atom is -0.399 e. The maximum atomic E-state index is 12.4. The van der Waals surface area contributed by atoms with Gasteiger partial charge in [-0.2, -0.15) is 10.4 Å². The zero-order chi connectivity index (χ0) is 21.5. The molecule has 1 aromatic carbocycles. The lowest BCUT2D eigenvalue weighted by molar-refractivity contribution is 0.00578. The number of aromatic nitrogens is 2. The second-order valence-corrected chi connectivity index (χ2v) is 9.34. The number of rotatable bonds is 4. The monoisotopic (exact) mass is 419 g/mol.